The first kappa shape index (κ1) is 18.6. The smallest absolute Gasteiger partial charge is 0.244 e. The van der Waals surface area contributed by atoms with E-state index in [1.807, 2.05) is 0 Å². The van der Waals surface area contributed by atoms with Crippen LogP contribution in [0.3, 0.4) is 0 Å². The molecule has 9 heteroatoms. The Bertz CT molecular complexity index is 912. The van der Waals surface area contributed by atoms with Gasteiger partial charge in [0.2, 0.25) is 10.0 Å². The zero-order valence-electron chi connectivity index (χ0n) is 14.6. The predicted octanol–water partition coefficient (Wildman–Crippen LogP) is 2.00. The molecular formula is C18H21ClN4O3S. The van der Waals surface area contributed by atoms with Gasteiger partial charge in [-0.25, -0.2) is 13.4 Å². The minimum absolute atomic E-state index is 0.136. The number of sulfonamides is 1. The van der Waals surface area contributed by atoms with E-state index in [0.717, 1.165) is 0 Å². The third kappa shape index (κ3) is 3.67. The molecule has 4 rings (SSSR count). The van der Waals surface area contributed by atoms with Gasteiger partial charge in [0.05, 0.1) is 23.4 Å². The fourth-order valence-electron chi connectivity index (χ4n) is 4.10. The number of halogens is 1. The molecule has 1 saturated heterocycles. The number of anilines is 1. The molecular weight excluding hydrogens is 388 g/mol. The first-order valence-corrected chi connectivity index (χ1v) is 10.7. The summed E-state index contributed by atoms with van der Waals surface area (Å²) in [5.41, 5.74) is 0. The van der Waals surface area contributed by atoms with Gasteiger partial charge in [-0.3, -0.25) is 4.98 Å². The Labute approximate surface area is 163 Å². The lowest BCUT2D eigenvalue weighted by Gasteiger charge is -2.35. The molecule has 0 bridgehead atoms. The quantitative estimate of drug-likeness (QED) is 0.803. The third-order valence-corrected chi connectivity index (χ3v) is 7.79. The van der Waals surface area contributed by atoms with Gasteiger partial charge >= 0.3 is 0 Å². The molecule has 144 valence electrons. The van der Waals surface area contributed by atoms with Crippen LogP contribution in [0.5, 0.6) is 0 Å². The van der Waals surface area contributed by atoms with E-state index in [9.17, 15) is 13.5 Å². The summed E-state index contributed by atoms with van der Waals surface area (Å²) in [6, 6.07) is 6.33. The molecule has 0 spiro atoms. The lowest BCUT2D eigenvalue weighted by molar-refractivity contribution is 0.0736. The number of nitrogens with one attached hydrogen (secondary N) is 1. The number of hydrogen-bond donors (Lipinski definition) is 2. The number of fused-ring (bicyclic) bond motifs is 1. The van der Waals surface area contributed by atoms with Gasteiger partial charge in [0, 0.05) is 25.5 Å². The highest BCUT2D eigenvalue weighted by Gasteiger charge is 2.45. The molecule has 2 heterocycles. The molecule has 7 nitrogen and oxygen atoms in total. The Morgan fingerprint density at radius 2 is 1.89 bits per heavy atom. The van der Waals surface area contributed by atoms with E-state index in [4.69, 9.17) is 11.6 Å². The minimum atomic E-state index is -3.64. The van der Waals surface area contributed by atoms with Crippen molar-refractivity contribution in [2.75, 3.05) is 18.4 Å². The monoisotopic (exact) mass is 408 g/mol. The summed E-state index contributed by atoms with van der Waals surface area (Å²) in [4.78, 5) is 8.35. The highest BCUT2D eigenvalue weighted by atomic mass is 35.5. The van der Waals surface area contributed by atoms with Gasteiger partial charge in [-0.2, -0.15) is 4.31 Å². The fraction of sp³-hybridized carbons (Fsp3) is 0.444. The summed E-state index contributed by atoms with van der Waals surface area (Å²) >= 11 is 6.11. The van der Waals surface area contributed by atoms with E-state index < -0.39 is 16.1 Å². The molecule has 2 aromatic rings. The van der Waals surface area contributed by atoms with Crippen LogP contribution >= 0.6 is 11.6 Å². The third-order valence-electron chi connectivity index (χ3n) is 5.46. The summed E-state index contributed by atoms with van der Waals surface area (Å²) in [6.07, 6.45) is 5.47. The minimum Gasteiger partial charge on any atom is -0.391 e. The van der Waals surface area contributed by atoms with E-state index in [2.05, 4.69) is 15.3 Å². The van der Waals surface area contributed by atoms with Crippen molar-refractivity contribution in [3.05, 3.63) is 47.9 Å². The van der Waals surface area contributed by atoms with Gasteiger partial charge in [0.25, 0.3) is 0 Å². The van der Waals surface area contributed by atoms with E-state index in [-0.39, 0.29) is 27.8 Å². The maximum Gasteiger partial charge on any atom is 0.244 e. The summed E-state index contributed by atoms with van der Waals surface area (Å²) < 4.78 is 27.5. The second-order valence-corrected chi connectivity index (χ2v) is 9.47. The SMILES string of the molecule is O=S(=O)(c1ccccc1Cl)N1C[C@H]2C[C@@H](Nc3cnccn3)[C@H](O)C[C@H]2C1. The molecule has 4 atom stereocenters. The average Bonchev–Trinajstić information content (AvgIpc) is 3.07. The summed E-state index contributed by atoms with van der Waals surface area (Å²) in [7, 11) is -3.64. The maximum atomic E-state index is 13.0. The van der Waals surface area contributed by atoms with Crippen LogP contribution < -0.4 is 5.32 Å². The molecule has 2 N–H and O–H groups in total. The standard InChI is InChI=1S/C18H21ClN4O3S/c19-14-3-1-2-4-17(14)27(25,26)23-10-12-7-15(16(24)8-13(12)11-23)22-18-9-20-5-6-21-18/h1-6,9,12-13,15-16,24H,7-8,10-11H2,(H,21,22)/t12-,13+,15-,16-/m1/s1. The van der Waals surface area contributed by atoms with Crippen LogP contribution in [0.25, 0.3) is 0 Å². The molecule has 1 saturated carbocycles. The highest BCUT2D eigenvalue weighted by molar-refractivity contribution is 7.89. The Morgan fingerprint density at radius 3 is 2.59 bits per heavy atom. The highest BCUT2D eigenvalue weighted by Crippen LogP contribution is 2.40. The lowest BCUT2D eigenvalue weighted by Crippen LogP contribution is -2.43. The molecule has 0 amide bonds. The van der Waals surface area contributed by atoms with Gasteiger partial charge in [-0.15, -0.1) is 0 Å². The second kappa shape index (κ2) is 7.35. The van der Waals surface area contributed by atoms with Crippen LogP contribution in [0.4, 0.5) is 5.82 Å². The van der Waals surface area contributed by atoms with Crippen LogP contribution in [-0.2, 0) is 10.0 Å². The van der Waals surface area contributed by atoms with Gasteiger partial charge in [-0.1, -0.05) is 23.7 Å². The molecule has 1 aliphatic carbocycles. The average molecular weight is 409 g/mol. The Kier molecular flexibility index (Phi) is 5.07. The Balaban J connectivity index is 1.49. The van der Waals surface area contributed by atoms with Gasteiger partial charge in [-0.05, 0) is 36.8 Å². The molecule has 2 aliphatic rings. The van der Waals surface area contributed by atoms with Crippen molar-refractivity contribution < 1.29 is 13.5 Å². The predicted molar refractivity (Wildman–Crippen MR) is 102 cm³/mol. The zero-order valence-corrected chi connectivity index (χ0v) is 16.1. The Hall–Kier alpha value is -1.74. The van der Waals surface area contributed by atoms with Crippen LogP contribution in [-0.4, -0.2) is 53.0 Å². The summed E-state index contributed by atoms with van der Waals surface area (Å²) in [5.74, 6) is 0.926. The largest absolute Gasteiger partial charge is 0.391 e. The second-order valence-electron chi connectivity index (χ2n) is 7.15. The Morgan fingerprint density at radius 1 is 1.15 bits per heavy atom. The van der Waals surface area contributed by atoms with E-state index in [1.54, 1.807) is 36.8 Å². The lowest BCUT2D eigenvalue weighted by atomic mass is 9.77. The van der Waals surface area contributed by atoms with Gasteiger partial charge in [0.1, 0.15) is 10.7 Å². The first-order chi connectivity index (χ1) is 12.9. The number of nitrogens with zero attached hydrogens (tertiary/aromatic N) is 3. The maximum absolute atomic E-state index is 13.0. The molecule has 0 unspecified atom stereocenters. The summed E-state index contributed by atoms with van der Waals surface area (Å²) in [6.45, 7) is 0.844. The summed E-state index contributed by atoms with van der Waals surface area (Å²) in [5, 5.41) is 14.0. The van der Waals surface area contributed by atoms with Crippen LogP contribution in [0.2, 0.25) is 5.02 Å². The zero-order chi connectivity index (χ0) is 19.0. The fourth-order valence-corrected chi connectivity index (χ4v) is 6.14. The normalized spacial score (nSPS) is 28.7. The van der Waals surface area contributed by atoms with E-state index in [1.165, 1.54) is 10.4 Å². The molecule has 0 radical (unpaired) electrons. The number of benzene rings is 1. The van der Waals surface area contributed by atoms with Crippen molar-refractivity contribution in [2.45, 2.75) is 29.9 Å². The molecule has 1 aromatic carbocycles. The number of rotatable bonds is 4. The molecule has 1 aliphatic heterocycles. The van der Waals surface area contributed by atoms with Crippen LogP contribution in [0.1, 0.15) is 12.8 Å². The molecule has 2 fully saturated rings. The van der Waals surface area contributed by atoms with Crippen molar-refractivity contribution in [1.29, 1.82) is 0 Å². The molecule has 27 heavy (non-hydrogen) atoms. The van der Waals surface area contributed by atoms with Gasteiger partial charge in [0.15, 0.2) is 0 Å². The van der Waals surface area contributed by atoms with Crippen LogP contribution in [0.15, 0.2) is 47.8 Å². The number of aromatic nitrogens is 2. The number of hydrogen-bond acceptors (Lipinski definition) is 6. The van der Waals surface area contributed by atoms with E-state index >= 15 is 0 Å². The van der Waals surface area contributed by atoms with E-state index in [0.29, 0.717) is 31.7 Å². The van der Waals surface area contributed by atoms with Crippen molar-refractivity contribution in [1.82, 2.24) is 14.3 Å². The van der Waals surface area contributed by atoms with Crippen molar-refractivity contribution in [3.63, 3.8) is 0 Å². The van der Waals surface area contributed by atoms with Crippen molar-refractivity contribution >= 4 is 27.4 Å². The van der Waals surface area contributed by atoms with Crippen molar-refractivity contribution in [3.8, 4) is 0 Å². The van der Waals surface area contributed by atoms with Gasteiger partial charge < -0.3 is 10.4 Å². The number of aliphatic hydroxyl groups is 1. The first-order valence-electron chi connectivity index (χ1n) is 8.90. The number of aliphatic hydroxyl groups excluding tert-OH is 1. The molecule has 1 aromatic heterocycles. The topological polar surface area (TPSA) is 95.4 Å². The van der Waals surface area contributed by atoms with Crippen molar-refractivity contribution in [2.24, 2.45) is 11.8 Å². The van der Waals surface area contributed by atoms with Crippen LogP contribution in [0, 0.1) is 11.8 Å².